The summed E-state index contributed by atoms with van der Waals surface area (Å²) in [4.78, 5) is 9.88. The highest BCUT2D eigenvalue weighted by atomic mass is 35.5. The van der Waals surface area contributed by atoms with Crippen LogP contribution in [0.5, 0.6) is 0 Å². The maximum atomic E-state index is 12.3. The zero-order chi connectivity index (χ0) is 32.1. The largest absolute Gasteiger partial charge is 0.396 e. The summed E-state index contributed by atoms with van der Waals surface area (Å²) in [6, 6.07) is 4.88. The van der Waals surface area contributed by atoms with Gasteiger partial charge in [0.25, 0.3) is 20.2 Å². The molecule has 42 heavy (non-hydrogen) atoms. The lowest BCUT2D eigenvalue weighted by atomic mass is 10.1. The number of carbonyl (C=O) groups is 1. The van der Waals surface area contributed by atoms with Gasteiger partial charge in [-0.25, -0.2) is 0 Å². The van der Waals surface area contributed by atoms with Crippen LogP contribution in [0, 0.1) is 0 Å². The lowest BCUT2D eigenvalue weighted by Gasteiger charge is -2.16. The van der Waals surface area contributed by atoms with Gasteiger partial charge in [-0.2, -0.15) is 16.8 Å². The third kappa shape index (κ3) is 12.9. The minimum absolute atomic E-state index is 0.0328. The molecule has 0 aliphatic heterocycles. The predicted octanol–water partition coefficient (Wildman–Crippen LogP) is 8.79. The van der Waals surface area contributed by atoms with Gasteiger partial charge < -0.3 is 9.90 Å². The molecule has 2 atom stereocenters. The van der Waals surface area contributed by atoms with Crippen molar-refractivity contribution in [1.29, 1.82) is 0 Å². The predicted molar refractivity (Wildman–Crippen MR) is 168 cm³/mol. The Hall–Kier alpha value is -0.370. The summed E-state index contributed by atoms with van der Waals surface area (Å²) in [6.45, 7) is 3.70. The number of aliphatic hydroxyl groups is 1. The van der Waals surface area contributed by atoms with Gasteiger partial charge in [-0.05, 0) is 69.2 Å². The fourth-order valence-corrected chi connectivity index (χ4v) is 7.71. The first-order valence-electron chi connectivity index (χ1n) is 12.8. The molecule has 8 nitrogen and oxygen atoms in total. The van der Waals surface area contributed by atoms with E-state index in [4.69, 9.17) is 83.1 Å². The van der Waals surface area contributed by atoms with Gasteiger partial charge in [-0.1, -0.05) is 83.5 Å². The number of halogens is 6. The zero-order valence-electron chi connectivity index (χ0n) is 22.8. The smallest absolute Gasteiger partial charge is 0.298 e. The van der Waals surface area contributed by atoms with Gasteiger partial charge in [0.15, 0.2) is 0 Å². The lowest BCUT2D eigenvalue weighted by Crippen LogP contribution is -2.18. The third-order valence-electron chi connectivity index (χ3n) is 5.71. The molecule has 0 saturated heterocycles. The van der Waals surface area contributed by atoms with E-state index >= 15 is 0 Å². The molecule has 0 bridgehead atoms. The lowest BCUT2D eigenvalue weighted by molar-refractivity contribution is -0.108. The monoisotopic (exact) mass is 746 g/mol. The van der Waals surface area contributed by atoms with Crippen LogP contribution in [0.3, 0.4) is 0 Å². The number of aldehydes is 1. The standard InChI is InChI=1S/C13H17Cl3O4S.C13H15Cl3O4S/c2*1-2-9(5-3-4-6-17)20-21(18,19)13-8-11(15)10(14)7-12(13)16/h7-9,17H,2-6H2,1H3;6-9H,2-5H2,1H3. The number of aliphatic hydroxyl groups excluding tert-OH is 1. The molecule has 0 saturated carbocycles. The molecule has 2 unspecified atom stereocenters. The molecule has 0 aliphatic carbocycles. The average molecular weight is 749 g/mol. The third-order valence-corrected chi connectivity index (χ3v) is 10.8. The van der Waals surface area contributed by atoms with Crippen LogP contribution in [-0.2, 0) is 33.4 Å². The highest BCUT2D eigenvalue weighted by molar-refractivity contribution is 7.87. The maximum Gasteiger partial charge on any atom is 0.298 e. The quantitative estimate of drug-likeness (QED) is 0.0782. The molecule has 16 heteroatoms. The number of hydrogen-bond acceptors (Lipinski definition) is 8. The molecule has 238 valence electrons. The zero-order valence-corrected chi connectivity index (χ0v) is 29.0. The van der Waals surface area contributed by atoms with E-state index in [0.717, 1.165) is 6.29 Å². The van der Waals surface area contributed by atoms with Crippen LogP contribution in [0.1, 0.15) is 65.2 Å². The fourth-order valence-electron chi connectivity index (χ4n) is 3.41. The summed E-state index contributed by atoms with van der Waals surface area (Å²) in [6.07, 6.45) is 4.06. The molecule has 1 N–H and O–H groups in total. The number of carbonyl (C=O) groups excluding carboxylic acids is 1. The van der Waals surface area contributed by atoms with Crippen LogP contribution in [0.2, 0.25) is 30.1 Å². The van der Waals surface area contributed by atoms with Crippen molar-refractivity contribution in [2.24, 2.45) is 0 Å². The molecule has 0 fully saturated rings. The van der Waals surface area contributed by atoms with E-state index in [0.29, 0.717) is 51.4 Å². The van der Waals surface area contributed by atoms with Crippen molar-refractivity contribution < 1.29 is 35.1 Å². The van der Waals surface area contributed by atoms with Crippen molar-refractivity contribution in [1.82, 2.24) is 0 Å². The fraction of sp³-hybridized carbons (Fsp3) is 0.500. The van der Waals surface area contributed by atoms with Crippen molar-refractivity contribution in [3.63, 3.8) is 0 Å². The molecule has 2 rings (SSSR count). The highest BCUT2D eigenvalue weighted by Gasteiger charge is 2.26. The van der Waals surface area contributed by atoms with Crippen LogP contribution in [0.25, 0.3) is 0 Å². The van der Waals surface area contributed by atoms with Gasteiger partial charge in [0.1, 0.15) is 16.1 Å². The number of rotatable bonds is 16. The van der Waals surface area contributed by atoms with E-state index in [1.54, 1.807) is 6.92 Å². The number of unbranched alkanes of at least 4 members (excludes halogenated alkanes) is 2. The Labute approximate surface area is 277 Å². The van der Waals surface area contributed by atoms with E-state index in [9.17, 15) is 21.6 Å². The number of hydrogen-bond donors (Lipinski definition) is 1. The van der Waals surface area contributed by atoms with Gasteiger partial charge in [0.05, 0.1) is 42.3 Å². The van der Waals surface area contributed by atoms with Crippen molar-refractivity contribution in [3.05, 3.63) is 54.4 Å². The summed E-state index contributed by atoms with van der Waals surface area (Å²) in [7, 11) is -8.06. The Morgan fingerprint density at radius 2 is 1.05 bits per heavy atom. The summed E-state index contributed by atoms with van der Waals surface area (Å²) >= 11 is 35.0. The van der Waals surface area contributed by atoms with Crippen LogP contribution in [0.4, 0.5) is 0 Å². The average Bonchev–Trinajstić information content (AvgIpc) is 2.91. The first-order valence-corrected chi connectivity index (χ1v) is 17.9. The van der Waals surface area contributed by atoms with Gasteiger partial charge in [-0.3, -0.25) is 8.37 Å². The van der Waals surface area contributed by atoms with Crippen molar-refractivity contribution >= 4 is 96.1 Å². The van der Waals surface area contributed by atoms with Crippen molar-refractivity contribution in [3.8, 4) is 0 Å². The Morgan fingerprint density at radius 1 is 0.667 bits per heavy atom. The summed E-state index contributed by atoms with van der Waals surface area (Å²) < 4.78 is 59.4. The summed E-state index contributed by atoms with van der Waals surface area (Å²) in [5, 5.41) is 9.19. The SMILES string of the molecule is CCC(CCCC=O)OS(=O)(=O)c1cc(Cl)c(Cl)cc1Cl.CCC(CCCCO)OS(=O)(=O)c1cc(Cl)c(Cl)cc1Cl. The van der Waals surface area contributed by atoms with Gasteiger partial charge in [0.2, 0.25) is 0 Å². The maximum absolute atomic E-state index is 12.3. The van der Waals surface area contributed by atoms with E-state index < -0.39 is 32.4 Å². The highest BCUT2D eigenvalue weighted by Crippen LogP contribution is 2.34. The van der Waals surface area contributed by atoms with E-state index in [-0.39, 0.29) is 46.5 Å². The second kappa shape index (κ2) is 19.2. The van der Waals surface area contributed by atoms with Crippen molar-refractivity contribution in [2.45, 2.75) is 87.2 Å². The van der Waals surface area contributed by atoms with E-state index in [1.165, 1.54) is 24.3 Å². The normalized spacial score (nSPS) is 13.3. The molecule has 0 spiro atoms. The van der Waals surface area contributed by atoms with Gasteiger partial charge >= 0.3 is 0 Å². The van der Waals surface area contributed by atoms with Crippen molar-refractivity contribution in [2.75, 3.05) is 6.61 Å². The van der Waals surface area contributed by atoms with Crippen LogP contribution >= 0.6 is 69.6 Å². The first-order chi connectivity index (χ1) is 19.6. The minimum atomic E-state index is -4.04. The topological polar surface area (TPSA) is 124 Å². The van der Waals surface area contributed by atoms with Crippen LogP contribution in [0.15, 0.2) is 34.1 Å². The molecular formula is C26H32Cl6O8S2. The van der Waals surface area contributed by atoms with Gasteiger partial charge in [0, 0.05) is 13.0 Å². The summed E-state index contributed by atoms with van der Waals surface area (Å²) in [5.74, 6) is 0. The Kier molecular flexibility index (Phi) is 18.1. The van der Waals surface area contributed by atoms with E-state index in [1.807, 2.05) is 6.92 Å². The Bertz CT molecular complexity index is 1390. The minimum Gasteiger partial charge on any atom is -0.396 e. The Morgan fingerprint density at radius 3 is 1.40 bits per heavy atom. The second-order valence-electron chi connectivity index (χ2n) is 8.87. The number of benzene rings is 2. The second-order valence-corrected chi connectivity index (χ2v) is 14.4. The molecule has 2 aromatic rings. The summed E-state index contributed by atoms with van der Waals surface area (Å²) in [5.41, 5.74) is 0. The molecular weight excluding hydrogens is 717 g/mol. The molecule has 0 radical (unpaired) electrons. The van der Waals surface area contributed by atoms with E-state index in [2.05, 4.69) is 0 Å². The molecule has 0 aromatic heterocycles. The van der Waals surface area contributed by atoms with Gasteiger partial charge in [-0.15, -0.1) is 0 Å². The first kappa shape index (κ1) is 39.7. The van der Waals surface area contributed by atoms with Crippen LogP contribution < -0.4 is 0 Å². The molecule has 0 amide bonds. The molecule has 0 aliphatic rings. The van der Waals surface area contributed by atoms with Crippen LogP contribution in [-0.4, -0.2) is 47.0 Å². The molecule has 2 aromatic carbocycles. The Balaban J connectivity index is 0.000000420. The molecule has 0 heterocycles.